The van der Waals surface area contributed by atoms with E-state index in [-0.39, 0.29) is 35.7 Å². The average molecular weight is 563 g/mol. The number of benzene rings is 1. The van der Waals surface area contributed by atoms with Crippen LogP contribution in [0.1, 0.15) is 87.1 Å². The smallest absolute Gasteiger partial charge is 0.255 e. The summed E-state index contributed by atoms with van der Waals surface area (Å²) in [6.07, 6.45) is 9.69. The Kier molecular flexibility index (Phi) is 6.83. The third-order valence-electron chi connectivity index (χ3n) is 10.9. The topological polar surface area (TPSA) is 99.3 Å². The Morgan fingerprint density at radius 3 is 2.46 bits per heavy atom. The van der Waals surface area contributed by atoms with Gasteiger partial charge in [0.05, 0.1) is 0 Å². The van der Waals surface area contributed by atoms with Gasteiger partial charge in [-0.2, -0.15) is 0 Å². The largest absolute Gasteiger partial charge is 0.489 e. The Labute approximate surface area is 241 Å². The summed E-state index contributed by atoms with van der Waals surface area (Å²) in [5.74, 6) is 1.79. The van der Waals surface area contributed by atoms with Crippen LogP contribution in [0.4, 0.5) is 0 Å². The van der Waals surface area contributed by atoms with Crippen molar-refractivity contribution >= 4 is 23.6 Å². The van der Waals surface area contributed by atoms with Gasteiger partial charge in [0, 0.05) is 56.2 Å². The minimum Gasteiger partial charge on any atom is -0.489 e. The molecule has 220 valence electrons. The van der Waals surface area contributed by atoms with Crippen LogP contribution in [-0.2, 0) is 20.9 Å². The second kappa shape index (κ2) is 10.4. The fourth-order valence-corrected chi connectivity index (χ4v) is 7.91. The Morgan fingerprint density at radius 1 is 0.976 bits per heavy atom. The van der Waals surface area contributed by atoms with Crippen molar-refractivity contribution in [1.82, 2.24) is 20.0 Å². The molecule has 9 heteroatoms. The van der Waals surface area contributed by atoms with Crippen LogP contribution in [-0.4, -0.2) is 82.7 Å². The number of carbonyl (C=O) groups is 4. The van der Waals surface area contributed by atoms with Crippen LogP contribution >= 0.6 is 0 Å². The highest BCUT2D eigenvalue weighted by Gasteiger charge is 2.48. The van der Waals surface area contributed by atoms with E-state index in [2.05, 4.69) is 22.0 Å². The van der Waals surface area contributed by atoms with Crippen molar-refractivity contribution in [3.63, 3.8) is 0 Å². The molecule has 41 heavy (non-hydrogen) atoms. The minimum absolute atomic E-state index is 0.0581. The number of hydrogen-bond donors (Lipinski definition) is 1. The van der Waals surface area contributed by atoms with Crippen molar-refractivity contribution in [2.24, 2.45) is 17.3 Å². The molecule has 0 spiro atoms. The predicted molar refractivity (Wildman–Crippen MR) is 151 cm³/mol. The fourth-order valence-electron chi connectivity index (χ4n) is 7.91. The van der Waals surface area contributed by atoms with E-state index in [0.29, 0.717) is 36.4 Å². The lowest BCUT2D eigenvalue weighted by Gasteiger charge is -2.51. The van der Waals surface area contributed by atoms with Crippen molar-refractivity contribution < 1.29 is 23.9 Å². The van der Waals surface area contributed by atoms with E-state index in [1.54, 1.807) is 4.90 Å². The van der Waals surface area contributed by atoms with E-state index in [4.69, 9.17) is 4.74 Å². The zero-order valence-electron chi connectivity index (χ0n) is 24.1. The van der Waals surface area contributed by atoms with Gasteiger partial charge in [0.15, 0.2) is 0 Å². The zero-order valence-corrected chi connectivity index (χ0v) is 24.1. The SMILES string of the molecule is CC1(C(=O)N2CCC(C3CN([C@H]4CCCC[C@H]4Oc4ccc5c(c4)CN(C4CCC(=O)NC4=O)C5=O)C3)CC2)CC1. The molecular weight excluding hydrogens is 520 g/mol. The van der Waals surface area contributed by atoms with Crippen LogP contribution in [0.3, 0.4) is 0 Å². The minimum atomic E-state index is -0.603. The molecule has 6 aliphatic rings. The molecule has 4 heterocycles. The zero-order chi connectivity index (χ0) is 28.3. The van der Waals surface area contributed by atoms with E-state index in [0.717, 1.165) is 88.4 Å². The molecule has 3 saturated heterocycles. The van der Waals surface area contributed by atoms with Gasteiger partial charge in [0.25, 0.3) is 5.91 Å². The van der Waals surface area contributed by atoms with Gasteiger partial charge in [-0.25, -0.2) is 0 Å². The molecule has 1 aromatic rings. The second-order valence-electron chi connectivity index (χ2n) is 13.6. The molecule has 4 amide bonds. The maximum absolute atomic E-state index is 13.1. The molecular formula is C32H42N4O5. The molecule has 0 bridgehead atoms. The second-order valence-corrected chi connectivity index (χ2v) is 13.6. The van der Waals surface area contributed by atoms with Crippen LogP contribution in [0.25, 0.3) is 0 Å². The van der Waals surface area contributed by atoms with Crippen LogP contribution < -0.4 is 10.1 Å². The van der Waals surface area contributed by atoms with Crippen molar-refractivity contribution in [3.05, 3.63) is 29.3 Å². The van der Waals surface area contributed by atoms with Gasteiger partial charge >= 0.3 is 0 Å². The Hall–Kier alpha value is -2.94. The van der Waals surface area contributed by atoms with Gasteiger partial charge in [-0.3, -0.25) is 29.4 Å². The average Bonchev–Trinajstić information content (AvgIpc) is 3.62. The first-order valence-electron chi connectivity index (χ1n) is 15.8. The number of piperidine rings is 2. The molecule has 9 nitrogen and oxygen atoms in total. The number of hydrogen-bond acceptors (Lipinski definition) is 6. The summed E-state index contributed by atoms with van der Waals surface area (Å²) in [4.78, 5) is 56.1. The van der Waals surface area contributed by atoms with Crippen molar-refractivity contribution in [2.45, 2.75) is 95.9 Å². The third kappa shape index (κ3) is 5.04. The van der Waals surface area contributed by atoms with Gasteiger partial charge in [-0.1, -0.05) is 13.3 Å². The van der Waals surface area contributed by atoms with Crippen molar-refractivity contribution in [1.29, 1.82) is 0 Å². The first kappa shape index (κ1) is 26.9. The molecule has 0 radical (unpaired) electrons. The Balaban J connectivity index is 0.940. The lowest BCUT2D eigenvalue weighted by molar-refractivity contribution is -0.139. The molecule has 0 aromatic heterocycles. The lowest BCUT2D eigenvalue weighted by atomic mass is 9.77. The van der Waals surface area contributed by atoms with E-state index in [1.165, 1.54) is 6.42 Å². The quantitative estimate of drug-likeness (QED) is 0.535. The van der Waals surface area contributed by atoms with Crippen LogP contribution in [0, 0.1) is 17.3 Å². The third-order valence-corrected chi connectivity index (χ3v) is 10.9. The summed E-state index contributed by atoms with van der Waals surface area (Å²) >= 11 is 0. The van der Waals surface area contributed by atoms with Crippen LogP contribution in [0.5, 0.6) is 5.75 Å². The maximum Gasteiger partial charge on any atom is 0.255 e. The summed E-state index contributed by atoms with van der Waals surface area (Å²) in [6, 6.07) is 5.50. The van der Waals surface area contributed by atoms with Gasteiger partial charge < -0.3 is 14.5 Å². The van der Waals surface area contributed by atoms with Crippen molar-refractivity contribution in [2.75, 3.05) is 26.2 Å². The number of carbonyl (C=O) groups excluding carboxylic acids is 4. The lowest BCUT2D eigenvalue weighted by Crippen LogP contribution is -2.60. The number of nitrogens with zero attached hydrogens (tertiary/aromatic N) is 3. The summed E-state index contributed by atoms with van der Waals surface area (Å²) in [7, 11) is 0. The predicted octanol–water partition coefficient (Wildman–Crippen LogP) is 3.11. The highest BCUT2D eigenvalue weighted by atomic mass is 16.5. The normalized spacial score (nSPS) is 30.6. The monoisotopic (exact) mass is 562 g/mol. The molecule has 4 aliphatic heterocycles. The molecule has 2 aliphatic carbocycles. The number of imide groups is 1. The van der Waals surface area contributed by atoms with E-state index >= 15 is 0 Å². The number of likely N-dealkylation sites (tertiary alicyclic amines) is 2. The van der Waals surface area contributed by atoms with Crippen LogP contribution in [0.2, 0.25) is 0 Å². The standard InChI is InChI=1S/C32H42N4O5/c1-32(12-13-32)31(40)34-14-10-20(11-15-34)22-17-35(18-22)25-4-2-3-5-27(25)41-23-6-7-24-21(16-23)19-36(30(24)39)26-8-9-28(37)33-29(26)38/h6-7,16,20,22,25-27H,2-5,8-15,17-19H2,1H3,(H,33,37,38)/t25-,26?,27+/m0/s1. The van der Waals surface area contributed by atoms with E-state index < -0.39 is 6.04 Å². The number of amides is 4. The highest BCUT2D eigenvalue weighted by molar-refractivity contribution is 6.05. The van der Waals surface area contributed by atoms with E-state index in [1.807, 2.05) is 18.2 Å². The first-order valence-corrected chi connectivity index (χ1v) is 15.8. The number of ether oxygens (including phenoxy) is 1. The maximum atomic E-state index is 13.1. The number of rotatable bonds is 6. The number of nitrogens with one attached hydrogen (secondary N) is 1. The van der Waals surface area contributed by atoms with Crippen molar-refractivity contribution in [3.8, 4) is 5.75 Å². The molecule has 5 fully saturated rings. The molecule has 7 rings (SSSR count). The van der Waals surface area contributed by atoms with Crippen LogP contribution in [0.15, 0.2) is 18.2 Å². The first-order chi connectivity index (χ1) is 19.8. The number of fused-ring (bicyclic) bond motifs is 1. The summed E-state index contributed by atoms with van der Waals surface area (Å²) in [6.45, 7) is 6.58. The Morgan fingerprint density at radius 2 is 1.73 bits per heavy atom. The summed E-state index contributed by atoms with van der Waals surface area (Å²) in [5, 5.41) is 2.37. The van der Waals surface area contributed by atoms with E-state index in [9.17, 15) is 19.2 Å². The molecule has 1 N–H and O–H groups in total. The fraction of sp³-hybridized carbons (Fsp3) is 0.688. The van der Waals surface area contributed by atoms with Gasteiger partial charge in [0.1, 0.15) is 17.9 Å². The highest BCUT2D eigenvalue weighted by Crippen LogP contribution is 2.47. The summed E-state index contributed by atoms with van der Waals surface area (Å²) < 4.78 is 6.62. The van der Waals surface area contributed by atoms with Gasteiger partial charge in [0.2, 0.25) is 17.7 Å². The molecule has 2 saturated carbocycles. The molecule has 1 aromatic carbocycles. The van der Waals surface area contributed by atoms with Gasteiger partial charge in [-0.05, 0) is 87.0 Å². The Bertz CT molecular complexity index is 1250. The molecule has 3 atom stereocenters. The molecule has 1 unspecified atom stereocenters. The summed E-state index contributed by atoms with van der Waals surface area (Å²) in [5.41, 5.74) is 1.44. The van der Waals surface area contributed by atoms with Gasteiger partial charge in [-0.15, -0.1) is 0 Å².